The number of benzene rings is 2. The topological polar surface area (TPSA) is 67.9 Å². The van der Waals surface area contributed by atoms with Crippen molar-refractivity contribution >= 4 is 17.5 Å². The lowest BCUT2D eigenvalue weighted by Gasteiger charge is -2.18. The Morgan fingerprint density at radius 1 is 1.11 bits per heavy atom. The molecule has 1 aliphatic rings. The van der Waals surface area contributed by atoms with Gasteiger partial charge in [-0.25, -0.2) is 0 Å². The molecular formula is C21H24N2O4. The summed E-state index contributed by atoms with van der Waals surface area (Å²) >= 11 is 0. The molecule has 1 saturated heterocycles. The Morgan fingerprint density at radius 3 is 2.33 bits per heavy atom. The van der Waals surface area contributed by atoms with Crippen LogP contribution in [0.15, 0.2) is 42.5 Å². The summed E-state index contributed by atoms with van der Waals surface area (Å²) in [7, 11) is 3.03. The second-order valence-corrected chi connectivity index (χ2v) is 6.66. The van der Waals surface area contributed by atoms with Crippen molar-refractivity contribution < 1.29 is 19.1 Å². The van der Waals surface area contributed by atoms with E-state index in [1.54, 1.807) is 23.1 Å². The third-order valence-corrected chi connectivity index (χ3v) is 4.76. The van der Waals surface area contributed by atoms with E-state index in [4.69, 9.17) is 9.47 Å². The van der Waals surface area contributed by atoms with Gasteiger partial charge in [0.1, 0.15) is 17.1 Å². The van der Waals surface area contributed by atoms with Crippen LogP contribution in [0.2, 0.25) is 0 Å². The molecule has 2 aromatic rings. The molecular weight excluding hydrogens is 344 g/mol. The average molecular weight is 368 g/mol. The summed E-state index contributed by atoms with van der Waals surface area (Å²) in [5.41, 5.74) is 2.41. The van der Waals surface area contributed by atoms with Gasteiger partial charge in [-0.05, 0) is 31.2 Å². The molecule has 1 unspecified atom stereocenters. The maximum atomic E-state index is 12.7. The van der Waals surface area contributed by atoms with Crippen LogP contribution in [0.1, 0.15) is 22.3 Å². The van der Waals surface area contributed by atoms with Crippen molar-refractivity contribution in [3.05, 3.63) is 53.6 Å². The maximum absolute atomic E-state index is 12.7. The van der Waals surface area contributed by atoms with Crippen LogP contribution in [0.5, 0.6) is 11.5 Å². The van der Waals surface area contributed by atoms with Crippen molar-refractivity contribution in [1.82, 2.24) is 5.32 Å². The molecule has 0 radical (unpaired) electrons. The van der Waals surface area contributed by atoms with Crippen LogP contribution in [-0.2, 0) is 4.79 Å². The quantitative estimate of drug-likeness (QED) is 0.851. The van der Waals surface area contributed by atoms with Gasteiger partial charge in [0, 0.05) is 31.1 Å². The predicted molar refractivity (Wildman–Crippen MR) is 104 cm³/mol. The van der Waals surface area contributed by atoms with E-state index in [0.717, 1.165) is 11.3 Å². The van der Waals surface area contributed by atoms with Crippen LogP contribution in [0, 0.1) is 12.8 Å². The highest BCUT2D eigenvalue weighted by molar-refractivity contribution is 6.00. The van der Waals surface area contributed by atoms with Crippen molar-refractivity contribution in [2.45, 2.75) is 13.3 Å². The van der Waals surface area contributed by atoms with E-state index < -0.39 is 0 Å². The Kier molecular flexibility index (Phi) is 5.64. The van der Waals surface area contributed by atoms with E-state index in [9.17, 15) is 9.59 Å². The number of rotatable bonds is 6. The molecule has 6 nitrogen and oxygen atoms in total. The molecule has 142 valence electrons. The molecule has 2 amide bonds. The van der Waals surface area contributed by atoms with E-state index in [1.807, 2.05) is 31.2 Å². The van der Waals surface area contributed by atoms with Crippen molar-refractivity contribution in [3.63, 3.8) is 0 Å². The van der Waals surface area contributed by atoms with E-state index in [0.29, 0.717) is 36.6 Å². The summed E-state index contributed by atoms with van der Waals surface area (Å²) in [5.74, 6) is 0.772. The van der Waals surface area contributed by atoms with Gasteiger partial charge in [-0.1, -0.05) is 23.8 Å². The van der Waals surface area contributed by atoms with Crippen molar-refractivity contribution in [3.8, 4) is 11.5 Å². The smallest absolute Gasteiger partial charge is 0.258 e. The second kappa shape index (κ2) is 8.12. The number of nitrogens with zero attached hydrogens (tertiary/aromatic N) is 1. The number of amides is 2. The van der Waals surface area contributed by atoms with E-state index in [2.05, 4.69) is 5.32 Å². The van der Waals surface area contributed by atoms with E-state index in [-0.39, 0.29) is 17.7 Å². The molecule has 3 rings (SSSR count). The summed E-state index contributed by atoms with van der Waals surface area (Å²) in [6.07, 6.45) is 0.414. The Labute approximate surface area is 159 Å². The molecule has 6 heteroatoms. The van der Waals surface area contributed by atoms with Crippen LogP contribution in [0.4, 0.5) is 5.69 Å². The number of carbonyl (C=O) groups excluding carboxylic acids is 2. The summed E-state index contributed by atoms with van der Waals surface area (Å²) in [5, 5.41) is 2.91. The Morgan fingerprint density at radius 2 is 1.74 bits per heavy atom. The van der Waals surface area contributed by atoms with Crippen molar-refractivity contribution in [2.24, 2.45) is 5.92 Å². The predicted octanol–water partition coefficient (Wildman–Crippen LogP) is 2.80. The Balaban J connectivity index is 1.65. The largest absolute Gasteiger partial charge is 0.496 e. The second-order valence-electron chi connectivity index (χ2n) is 6.66. The minimum Gasteiger partial charge on any atom is -0.496 e. The number of anilines is 1. The SMILES string of the molecule is COc1cccc(OC)c1C(=O)NCC1CC(=O)N(c2ccc(C)cc2)C1. The standard InChI is InChI=1S/C21H24N2O4/c1-14-7-9-16(10-8-14)23-13-15(11-19(23)24)12-22-21(25)20-17(26-2)5-4-6-18(20)27-3/h4-10,15H,11-13H2,1-3H3,(H,22,25). The van der Waals surface area contributed by atoms with Gasteiger partial charge in [0.05, 0.1) is 14.2 Å². The zero-order valence-electron chi connectivity index (χ0n) is 15.8. The molecule has 1 heterocycles. The van der Waals surface area contributed by atoms with Gasteiger partial charge in [0.2, 0.25) is 5.91 Å². The maximum Gasteiger partial charge on any atom is 0.258 e. The number of methoxy groups -OCH3 is 2. The third-order valence-electron chi connectivity index (χ3n) is 4.76. The number of hydrogen-bond acceptors (Lipinski definition) is 4. The Bertz CT molecular complexity index is 810. The summed E-state index contributed by atoms with van der Waals surface area (Å²) in [6, 6.07) is 13.1. The average Bonchev–Trinajstić information content (AvgIpc) is 3.06. The molecule has 1 aliphatic heterocycles. The highest BCUT2D eigenvalue weighted by Gasteiger charge is 2.31. The zero-order chi connectivity index (χ0) is 19.4. The van der Waals surface area contributed by atoms with Gasteiger partial charge in [0.15, 0.2) is 0 Å². The van der Waals surface area contributed by atoms with Crippen LogP contribution in [-0.4, -0.2) is 39.1 Å². The first kappa shape index (κ1) is 18.8. The molecule has 27 heavy (non-hydrogen) atoms. The highest BCUT2D eigenvalue weighted by Crippen LogP contribution is 2.29. The number of ether oxygens (including phenoxy) is 2. The normalized spacial score (nSPS) is 16.3. The molecule has 1 fully saturated rings. The lowest BCUT2D eigenvalue weighted by Crippen LogP contribution is -2.31. The van der Waals surface area contributed by atoms with Crippen molar-refractivity contribution in [2.75, 3.05) is 32.2 Å². The number of nitrogens with one attached hydrogen (secondary N) is 1. The van der Waals surface area contributed by atoms with Crippen LogP contribution >= 0.6 is 0 Å². The first-order valence-corrected chi connectivity index (χ1v) is 8.89. The van der Waals surface area contributed by atoms with E-state index >= 15 is 0 Å². The molecule has 0 spiro atoms. The summed E-state index contributed by atoms with van der Waals surface area (Å²) < 4.78 is 10.6. The first-order chi connectivity index (χ1) is 13.0. The van der Waals surface area contributed by atoms with Gasteiger partial charge in [-0.2, -0.15) is 0 Å². The molecule has 0 aliphatic carbocycles. The monoisotopic (exact) mass is 368 g/mol. The highest BCUT2D eigenvalue weighted by atomic mass is 16.5. The van der Waals surface area contributed by atoms with Crippen LogP contribution in [0.25, 0.3) is 0 Å². The Hall–Kier alpha value is -3.02. The van der Waals surface area contributed by atoms with Crippen LogP contribution < -0.4 is 19.7 Å². The number of hydrogen-bond donors (Lipinski definition) is 1. The molecule has 1 N–H and O–H groups in total. The molecule has 1 atom stereocenters. The minimum atomic E-state index is -0.273. The fourth-order valence-electron chi connectivity index (χ4n) is 3.29. The fraction of sp³-hybridized carbons (Fsp3) is 0.333. The van der Waals surface area contributed by atoms with Gasteiger partial charge in [0.25, 0.3) is 5.91 Å². The summed E-state index contributed by atoms with van der Waals surface area (Å²) in [6.45, 7) is 3.01. The van der Waals surface area contributed by atoms with Gasteiger partial charge >= 0.3 is 0 Å². The lowest BCUT2D eigenvalue weighted by atomic mass is 10.1. The molecule has 0 saturated carbocycles. The third kappa shape index (κ3) is 4.05. The molecule has 2 aromatic carbocycles. The number of carbonyl (C=O) groups is 2. The fourth-order valence-corrected chi connectivity index (χ4v) is 3.29. The molecule has 0 bridgehead atoms. The lowest BCUT2D eigenvalue weighted by molar-refractivity contribution is -0.117. The van der Waals surface area contributed by atoms with Gasteiger partial charge < -0.3 is 19.7 Å². The summed E-state index contributed by atoms with van der Waals surface area (Å²) in [4.78, 5) is 26.8. The van der Waals surface area contributed by atoms with E-state index in [1.165, 1.54) is 14.2 Å². The number of aryl methyl sites for hydroxylation is 1. The molecule has 0 aromatic heterocycles. The minimum absolute atomic E-state index is 0.0588. The van der Waals surface area contributed by atoms with Crippen LogP contribution in [0.3, 0.4) is 0 Å². The zero-order valence-corrected chi connectivity index (χ0v) is 15.8. The van der Waals surface area contributed by atoms with Gasteiger partial charge in [-0.15, -0.1) is 0 Å². The van der Waals surface area contributed by atoms with Crippen molar-refractivity contribution in [1.29, 1.82) is 0 Å². The van der Waals surface area contributed by atoms with Gasteiger partial charge in [-0.3, -0.25) is 9.59 Å². The first-order valence-electron chi connectivity index (χ1n) is 8.89.